The molecule has 0 heterocycles. The number of nitrogens with zero attached hydrogens (tertiary/aromatic N) is 1. The third-order valence-electron chi connectivity index (χ3n) is 1.44. The van der Waals surface area contributed by atoms with E-state index in [-0.39, 0.29) is 16.3 Å². The zero-order valence-corrected chi connectivity index (χ0v) is 6.68. The first kappa shape index (κ1) is 7.90. The molecule has 1 aromatic rings. The van der Waals surface area contributed by atoms with Gasteiger partial charge in [-0.1, -0.05) is 17.7 Å². The number of phenolic OH excluding ortho intramolecular Hbond substituents is 1. The monoisotopic (exact) mass is 167 g/mol. The molecule has 0 saturated carbocycles. The third-order valence-corrected chi connectivity index (χ3v) is 1.76. The lowest BCUT2D eigenvalue weighted by atomic mass is 10.1. The van der Waals surface area contributed by atoms with Crippen LogP contribution in [0.2, 0.25) is 5.02 Å². The van der Waals surface area contributed by atoms with Gasteiger partial charge in [-0.25, -0.2) is 0 Å². The van der Waals surface area contributed by atoms with Crippen molar-refractivity contribution in [2.24, 2.45) is 0 Å². The molecule has 0 aliphatic heterocycles. The molecule has 0 fully saturated rings. The second kappa shape index (κ2) is 2.81. The summed E-state index contributed by atoms with van der Waals surface area (Å²) in [5, 5.41) is 18.1. The van der Waals surface area contributed by atoms with Crippen LogP contribution >= 0.6 is 11.6 Å². The Bertz CT molecular complexity index is 328. The average Bonchev–Trinajstić information content (AvgIpc) is 1.99. The van der Waals surface area contributed by atoms with Gasteiger partial charge in [0.05, 0.1) is 5.02 Å². The Hall–Kier alpha value is -1.20. The van der Waals surface area contributed by atoms with Gasteiger partial charge in [-0.3, -0.25) is 0 Å². The Morgan fingerprint density at radius 1 is 1.55 bits per heavy atom. The molecule has 0 unspecified atom stereocenters. The molecule has 1 N–H and O–H groups in total. The Morgan fingerprint density at radius 3 is 2.64 bits per heavy atom. The van der Waals surface area contributed by atoms with E-state index in [1.165, 1.54) is 0 Å². The third kappa shape index (κ3) is 1.28. The standard InChI is InChI=1S/C8H6ClNO/c1-5-2-3-7(9)6(4-10)8(5)11/h2-3,11H,1H3. The number of hydrogen-bond acceptors (Lipinski definition) is 2. The van der Waals surface area contributed by atoms with E-state index in [4.69, 9.17) is 16.9 Å². The quantitative estimate of drug-likeness (QED) is 0.644. The van der Waals surface area contributed by atoms with Gasteiger partial charge in [0.25, 0.3) is 0 Å². The summed E-state index contributed by atoms with van der Waals surface area (Å²) in [7, 11) is 0. The second-order valence-corrected chi connectivity index (χ2v) is 2.61. The second-order valence-electron chi connectivity index (χ2n) is 2.20. The van der Waals surface area contributed by atoms with Crippen LogP contribution in [-0.2, 0) is 0 Å². The number of aromatic hydroxyl groups is 1. The largest absolute Gasteiger partial charge is 0.506 e. The first-order valence-corrected chi connectivity index (χ1v) is 3.42. The van der Waals surface area contributed by atoms with Crippen molar-refractivity contribution in [1.29, 1.82) is 5.26 Å². The van der Waals surface area contributed by atoms with E-state index < -0.39 is 0 Å². The fourth-order valence-electron chi connectivity index (χ4n) is 0.777. The molecule has 0 atom stereocenters. The highest BCUT2D eigenvalue weighted by molar-refractivity contribution is 6.32. The van der Waals surface area contributed by atoms with Crippen molar-refractivity contribution in [3.05, 3.63) is 28.3 Å². The Labute approximate surface area is 69.7 Å². The molecule has 0 radical (unpaired) electrons. The summed E-state index contributed by atoms with van der Waals surface area (Å²) in [5.74, 6) is -0.0278. The van der Waals surface area contributed by atoms with E-state index in [9.17, 15) is 5.11 Å². The Kier molecular flexibility index (Phi) is 2.02. The zero-order chi connectivity index (χ0) is 8.43. The van der Waals surface area contributed by atoms with Gasteiger partial charge < -0.3 is 5.11 Å². The van der Waals surface area contributed by atoms with Crippen molar-refractivity contribution in [2.75, 3.05) is 0 Å². The van der Waals surface area contributed by atoms with Crippen molar-refractivity contribution in [3.8, 4) is 11.8 Å². The summed E-state index contributed by atoms with van der Waals surface area (Å²) in [4.78, 5) is 0. The van der Waals surface area contributed by atoms with Gasteiger partial charge >= 0.3 is 0 Å². The minimum absolute atomic E-state index is 0.0278. The lowest BCUT2D eigenvalue weighted by Gasteiger charge is -2.00. The highest BCUT2D eigenvalue weighted by atomic mass is 35.5. The zero-order valence-electron chi connectivity index (χ0n) is 5.93. The van der Waals surface area contributed by atoms with Crippen molar-refractivity contribution in [3.63, 3.8) is 0 Å². The lowest BCUT2D eigenvalue weighted by Crippen LogP contribution is -1.81. The molecule has 56 valence electrons. The summed E-state index contributed by atoms with van der Waals surface area (Å²) in [6, 6.07) is 5.08. The Morgan fingerprint density at radius 2 is 2.18 bits per heavy atom. The average molecular weight is 168 g/mol. The van der Waals surface area contributed by atoms with Crippen LogP contribution in [0, 0.1) is 18.3 Å². The van der Waals surface area contributed by atoms with Crippen LogP contribution in [0.15, 0.2) is 12.1 Å². The van der Waals surface area contributed by atoms with Gasteiger partial charge in [-0.05, 0) is 18.6 Å². The van der Waals surface area contributed by atoms with Crippen molar-refractivity contribution in [1.82, 2.24) is 0 Å². The smallest absolute Gasteiger partial charge is 0.137 e. The van der Waals surface area contributed by atoms with E-state index in [1.54, 1.807) is 19.1 Å². The molecule has 0 aromatic heterocycles. The summed E-state index contributed by atoms with van der Waals surface area (Å²) < 4.78 is 0. The molecule has 3 heteroatoms. The molecule has 0 bridgehead atoms. The van der Waals surface area contributed by atoms with E-state index in [0.29, 0.717) is 5.56 Å². The van der Waals surface area contributed by atoms with Crippen LogP contribution in [0.5, 0.6) is 5.75 Å². The van der Waals surface area contributed by atoms with E-state index >= 15 is 0 Å². The number of rotatable bonds is 0. The highest BCUT2D eigenvalue weighted by Crippen LogP contribution is 2.27. The molecule has 1 rings (SSSR count). The van der Waals surface area contributed by atoms with E-state index in [2.05, 4.69) is 0 Å². The van der Waals surface area contributed by atoms with Crippen LogP contribution in [0.3, 0.4) is 0 Å². The fraction of sp³-hybridized carbons (Fsp3) is 0.125. The van der Waals surface area contributed by atoms with Gasteiger partial charge in [-0.2, -0.15) is 5.26 Å². The summed E-state index contributed by atoms with van der Waals surface area (Å²) in [5.41, 5.74) is 0.803. The first-order chi connectivity index (χ1) is 5.16. The minimum Gasteiger partial charge on any atom is -0.506 e. The normalized spacial score (nSPS) is 9.18. The summed E-state index contributed by atoms with van der Waals surface area (Å²) in [6.45, 7) is 1.71. The van der Waals surface area contributed by atoms with Crippen LogP contribution in [0.4, 0.5) is 0 Å². The number of nitriles is 1. The molecule has 0 saturated heterocycles. The van der Waals surface area contributed by atoms with Gasteiger partial charge in [0.1, 0.15) is 17.4 Å². The molecule has 0 amide bonds. The number of benzene rings is 1. The molecule has 2 nitrogen and oxygen atoms in total. The number of hydrogen-bond donors (Lipinski definition) is 1. The van der Waals surface area contributed by atoms with Crippen molar-refractivity contribution >= 4 is 11.6 Å². The molecule has 0 aliphatic rings. The molecule has 0 aliphatic carbocycles. The lowest BCUT2D eigenvalue weighted by molar-refractivity contribution is 0.469. The van der Waals surface area contributed by atoms with Gasteiger partial charge in [-0.15, -0.1) is 0 Å². The molecule has 1 aromatic carbocycles. The summed E-state index contributed by atoms with van der Waals surface area (Å²) in [6.07, 6.45) is 0. The molecule has 11 heavy (non-hydrogen) atoms. The van der Waals surface area contributed by atoms with Gasteiger partial charge in [0.2, 0.25) is 0 Å². The maximum absolute atomic E-state index is 9.27. The van der Waals surface area contributed by atoms with Crippen molar-refractivity contribution < 1.29 is 5.11 Å². The highest BCUT2D eigenvalue weighted by Gasteiger charge is 2.06. The Balaban J connectivity index is 3.44. The van der Waals surface area contributed by atoms with Gasteiger partial charge in [0, 0.05) is 0 Å². The SMILES string of the molecule is Cc1ccc(Cl)c(C#N)c1O. The van der Waals surface area contributed by atoms with Crippen LogP contribution in [-0.4, -0.2) is 5.11 Å². The minimum atomic E-state index is -0.0278. The van der Waals surface area contributed by atoms with Crippen LogP contribution in [0.1, 0.15) is 11.1 Å². The predicted molar refractivity (Wildman–Crippen MR) is 42.6 cm³/mol. The first-order valence-electron chi connectivity index (χ1n) is 3.05. The van der Waals surface area contributed by atoms with Gasteiger partial charge in [0.15, 0.2) is 0 Å². The topological polar surface area (TPSA) is 44.0 Å². The number of halogens is 1. The van der Waals surface area contributed by atoms with E-state index in [1.807, 2.05) is 6.07 Å². The van der Waals surface area contributed by atoms with Crippen LogP contribution in [0.25, 0.3) is 0 Å². The van der Waals surface area contributed by atoms with E-state index in [0.717, 1.165) is 0 Å². The summed E-state index contributed by atoms with van der Waals surface area (Å²) >= 11 is 5.62. The number of aryl methyl sites for hydroxylation is 1. The maximum Gasteiger partial charge on any atom is 0.137 e. The van der Waals surface area contributed by atoms with Crippen molar-refractivity contribution in [2.45, 2.75) is 6.92 Å². The molecular formula is C8H6ClNO. The predicted octanol–water partition coefficient (Wildman–Crippen LogP) is 2.23. The maximum atomic E-state index is 9.27. The van der Waals surface area contributed by atoms with Crippen LogP contribution < -0.4 is 0 Å². The molecular weight excluding hydrogens is 162 g/mol. The fourth-order valence-corrected chi connectivity index (χ4v) is 0.972. The molecule has 0 spiro atoms. The number of phenols is 1.